The zero-order valence-electron chi connectivity index (χ0n) is 13.8. The molecule has 1 saturated heterocycles. The van der Waals surface area contributed by atoms with Crippen molar-refractivity contribution in [3.63, 3.8) is 0 Å². The Morgan fingerprint density at radius 1 is 1.45 bits per heavy atom. The summed E-state index contributed by atoms with van der Waals surface area (Å²) in [5.74, 6) is 1.81. The summed E-state index contributed by atoms with van der Waals surface area (Å²) < 4.78 is 0. The van der Waals surface area contributed by atoms with Crippen molar-refractivity contribution in [2.75, 3.05) is 40.3 Å². The highest BCUT2D eigenvalue weighted by molar-refractivity contribution is 7.09. The van der Waals surface area contributed by atoms with Gasteiger partial charge < -0.3 is 15.1 Å². The smallest absolute Gasteiger partial charge is 0.193 e. The first kappa shape index (κ1) is 15.8. The van der Waals surface area contributed by atoms with Gasteiger partial charge in [-0.25, -0.2) is 0 Å². The highest BCUT2D eigenvalue weighted by atomic mass is 32.1. The highest BCUT2D eigenvalue weighted by Gasteiger charge is 2.34. The van der Waals surface area contributed by atoms with Crippen LogP contribution < -0.4 is 5.32 Å². The molecule has 4 nitrogen and oxygen atoms in total. The van der Waals surface area contributed by atoms with Crippen molar-refractivity contribution in [2.45, 2.75) is 31.7 Å². The van der Waals surface area contributed by atoms with Gasteiger partial charge in [-0.15, -0.1) is 11.3 Å². The van der Waals surface area contributed by atoms with Crippen LogP contribution in [0.3, 0.4) is 0 Å². The van der Waals surface area contributed by atoms with Gasteiger partial charge in [0.15, 0.2) is 5.96 Å². The van der Waals surface area contributed by atoms with E-state index in [9.17, 15) is 0 Å². The van der Waals surface area contributed by atoms with Gasteiger partial charge in [0.2, 0.25) is 0 Å². The lowest BCUT2D eigenvalue weighted by Gasteiger charge is -2.23. The third-order valence-electron chi connectivity index (χ3n) is 4.78. The predicted octanol–water partition coefficient (Wildman–Crippen LogP) is 2.28. The first-order valence-electron chi connectivity index (χ1n) is 8.44. The topological polar surface area (TPSA) is 30.9 Å². The first-order chi connectivity index (χ1) is 10.8. The van der Waals surface area contributed by atoms with Crippen molar-refractivity contribution in [2.24, 2.45) is 10.9 Å². The Bertz CT molecular complexity index is 481. The summed E-state index contributed by atoms with van der Waals surface area (Å²) in [7, 11) is 4.02. The minimum atomic E-state index is 0.781. The molecule has 1 aromatic heterocycles. The molecule has 0 aromatic carbocycles. The number of likely N-dealkylation sites (tertiary alicyclic amines) is 1. The van der Waals surface area contributed by atoms with Gasteiger partial charge >= 0.3 is 0 Å². The quantitative estimate of drug-likeness (QED) is 0.644. The van der Waals surface area contributed by atoms with Crippen LogP contribution in [0.25, 0.3) is 0 Å². The molecule has 2 aliphatic rings. The Morgan fingerprint density at radius 2 is 2.32 bits per heavy atom. The number of nitrogens with zero attached hydrogens (tertiary/aromatic N) is 3. The second kappa shape index (κ2) is 7.47. The van der Waals surface area contributed by atoms with Crippen molar-refractivity contribution in [1.29, 1.82) is 0 Å². The predicted molar refractivity (Wildman–Crippen MR) is 94.7 cm³/mol. The van der Waals surface area contributed by atoms with E-state index in [0.717, 1.165) is 37.4 Å². The first-order valence-corrected chi connectivity index (χ1v) is 9.32. The molecule has 1 N–H and O–H groups in total. The molecular formula is C17H28N4S. The van der Waals surface area contributed by atoms with Crippen LogP contribution in [0.2, 0.25) is 0 Å². The average Bonchev–Trinajstić information content (AvgIpc) is 3.05. The number of hydrogen-bond donors (Lipinski definition) is 1. The summed E-state index contributed by atoms with van der Waals surface area (Å²) in [4.78, 5) is 10.8. The normalized spacial score (nSPS) is 23.0. The van der Waals surface area contributed by atoms with E-state index in [4.69, 9.17) is 0 Å². The minimum absolute atomic E-state index is 0.781. The fraction of sp³-hybridized carbons (Fsp3) is 0.706. The zero-order chi connectivity index (χ0) is 15.4. The molecule has 1 saturated carbocycles. The SMILES string of the molecule is CN=C(NCC1CCN(C2CC2)C1)N(C)CCc1cccs1. The summed E-state index contributed by atoms with van der Waals surface area (Å²) in [5.41, 5.74) is 0. The van der Waals surface area contributed by atoms with Gasteiger partial charge in [0, 0.05) is 44.6 Å². The molecule has 1 aromatic rings. The maximum absolute atomic E-state index is 4.44. The lowest BCUT2D eigenvalue weighted by molar-refractivity contribution is 0.313. The number of rotatable bonds is 6. The van der Waals surface area contributed by atoms with Crippen LogP contribution in [0.15, 0.2) is 22.5 Å². The van der Waals surface area contributed by atoms with E-state index in [1.807, 2.05) is 18.4 Å². The van der Waals surface area contributed by atoms with Crippen LogP contribution in [0, 0.1) is 5.92 Å². The highest BCUT2D eigenvalue weighted by Crippen LogP contribution is 2.31. The van der Waals surface area contributed by atoms with E-state index in [1.54, 1.807) is 0 Å². The van der Waals surface area contributed by atoms with Gasteiger partial charge in [-0.2, -0.15) is 0 Å². The maximum Gasteiger partial charge on any atom is 0.193 e. The largest absolute Gasteiger partial charge is 0.356 e. The van der Waals surface area contributed by atoms with Crippen LogP contribution in [-0.2, 0) is 6.42 Å². The van der Waals surface area contributed by atoms with E-state index < -0.39 is 0 Å². The standard InChI is InChI=1S/C17H28N4S/c1-18-17(20(2)9-8-16-4-3-11-22-16)19-12-14-7-10-21(13-14)15-5-6-15/h3-4,11,14-15H,5-10,12-13H2,1-2H3,(H,18,19). The Morgan fingerprint density at radius 3 is 3.00 bits per heavy atom. The number of hydrogen-bond acceptors (Lipinski definition) is 3. The number of nitrogens with one attached hydrogen (secondary N) is 1. The average molecular weight is 321 g/mol. The fourth-order valence-electron chi connectivity index (χ4n) is 3.26. The van der Waals surface area contributed by atoms with Crippen molar-refractivity contribution < 1.29 is 0 Å². The molecule has 0 radical (unpaired) electrons. The van der Waals surface area contributed by atoms with Crippen LogP contribution in [0.5, 0.6) is 0 Å². The Balaban J connectivity index is 1.39. The second-order valence-electron chi connectivity index (χ2n) is 6.56. The molecule has 3 rings (SSSR count). The molecule has 2 fully saturated rings. The van der Waals surface area contributed by atoms with Gasteiger partial charge in [0.05, 0.1) is 0 Å². The lowest BCUT2D eigenvalue weighted by Crippen LogP contribution is -2.42. The van der Waals surface area contributed by atoms with Gasteiger partial charge in [0.25, 0.3) is 0 Å². The molecule has 1 unspecified atom stereocenters. The molecule has 0 amide bonds. The van der Waals surface area contributed by atoms with Crippen LogP contribution in [0.1, 0.15) is 24.1 Å². The molecule has 2 heterocycles. The van der Waals surface area contributed by atoms with Gasteiger partial charge in [0.1, 0.15) is 0 Å². The maximum atomic E-state index is 4.44. The van der Waals surface area contributed by atoms with Crippen LogP contribution >= 0.6 is 11.3 Å². The Hall–Kier alpha value is -1.07. The summed E-state index contributed by atoms with van der Waals surface area (Å²) in [6.07, 6.45) is 5.27. The summed E-state index contributed by atoms with van der Waals surface area (Å²) in [6, 6.07) is 5.25. The fourth-order valence-corrected chi connectivity index (χ4v) is 3.96. The van der Waals surface area contributed by atoms with Crippen molar-refractivity contribution in [3.8, 4) is 0 Å². The third kappa shape index (κ3) is 4.23. The molecule has 1 aliphatic heterocycles. The van der Waals surface area contributed by atoms with Crippen molar-refractivity contribution in [1.82, 2.24) is 15.1 Å². The number of guanidine groups is 1. The lowest BCUT2D eigenvalue weighted by atomic mass is 10.1. The molecular weight excluding hydrogens is 292 g/mol. The van der Waals surface area contributed by atoms with E-state index in [2.05, 4.69) is 44.7 Å². The van der Waals surface area contributed by atoms with Crippen LogP contribution in [-0.4, -0.2) is 62.1 Å². The van der Waals surface area contributed by atoms with Gasteiger partial charge in [-0.3, -0.25) is 4.99 Å². The van der Waals surface area contributed by atoms with Crippen molar-refractivity contribution in [3.05, 3.63) is 22.4 Å². The van der Waals surface area contributed by atoms with Gasteiger partial charge in [-0.05, 0) is 49.6 Å². The molecule has 0 spiro atoms. The summed E-state index contributed by atoms with van der Waals surface area (Å²) >= 11 is 1.83. The Kier molecular flexibility index (Phi) is 5.37. The minimum Gasteiger partial charge on any atom is -0.356 e. The summed E-state index contributed by atoms with van der Waals surface area (Å²) in [6.45, 7) is 4.63. The van der Waals surface area contributed by atoms with E-state index >= 15 is 0 Å². The number of likely N-dealkylation sites (N-methyl/N-ethyl adjacent to an activating group) is 1. The number of aliphatic imine (C=N–C) groups is 1. The van der Waals surface area contributed by atoms with Crippen molar-refractivity contribution >= 4 is 17.3 Å². The third-order valence-corrected chi connectivity index (χ3v) is 5.71. The molecule has 5 heteroatoms. The molecule has 1 aliphatic carbocycles. The molecule has 22 heavy (non-hydrogen) atoms. The van der Waals surface area contributed by atoms with E-state index in [-0.39, 0.29) is 0 Å². The molecule has 122 valence electrons. The summed E-state index contributed by atoms with van der Waals surface area (Å²) in [5, 5.41) is 5.72. The van der Waals surface area contributed by atoms with Crippen LogP contribution in [0.4, 0.5) is 0 Å². The second-order valence-corrected chi connectivity index (χ2v) is 7.59. The number of thiophene rings is 1. The molecule has 1 atom stereocenters. The zero-order valence-corrected chi connectivity index (χ0v) is 14.6. The monoisotopic (exact) mass is 320 g/mol. The van der Waals surface area contributed by atoms with Gasteiger partial charge in [-0.1, -0.05) is 6.07 Å². The van der Waals surface area contributed by atoms with E-state index in [1.165, 1.54) is 37.2 Å². The van der Waals surface area contributed by atoms with E-state index in [0.29, 0.717) is 0 Å². The molecule has 0 bridgehead atoms. The Labute approximate surface area is 138 Å².